The number of carbonyl (C=O) groups is 3. The van der Waals surface area contributed by atoms with Crippen LogP contribution in [0, 0.1) is 0 Å². The summed E-state index contributed by atoms with van der Waals surface area (Å²) in [7, 11) is 2.99. The summed E-state index contributed by atoms with van der Waals surface area (Å²) in [5.41, 5.74) is 2.02. The first-order valence-corrected chi connectivity index (χ1v) is 10.1. The summed E-state index contributed by atoms with van der Waals surface area (Å²) in [6.45, 7) is -0.139. The number of benzene rings is 3. The predicted octanol–water partition coefficient (Wildman–Crippen LogP) is 3.43. The molecule has 8 heteroatoms. The Labute approximate surface area is 191 Å². The van der Waals surface area contributed by atoms with Crippen LogP contribution in [-0.4, -0.2) is 38.5 Å². The summed E-state index contributed by atoms with van der Waals surface area (Å²) in [5, 5.41) is 5.10. The number of hydrogen-bond donors (Lipinski definition) is 2. The number of anilines is 1. The second-order valence-corrected chi connectivity index (χ2v) is 6.92. The van der Waals surface area contributed by atoms with Crippen molar-refractivity contribution in [3.8, 4) is 11.5 Å². The Kier molecular flexibility index (Phi) is 8.02. The van der Waals surface area contributed by atoms with Gasteiger partial charge in [-0.2, -0.15) is 0 Å². The molecule has 0 aromatic heterocycles. The van der Waals surface area contributed by atoms with Crippen LogP contribution in [0.4, 0.5) is 5.69 Å². The average Bonchev–Trinajstić information content (AvgIpc) is 2.86. The number of hydrogen-bond acceptors (Lipinski definition) is 6. The zero-order valence-corrected chi connectivity index (χ0v) is 18.3. The predicted molar refractivity (Wildman–Crippen MR) is 123 cm³/mol. The second kappa shape index (κ2) is 11.3. The van der Waals surface area contributed by atoms with Crippen LogP contribution in [0.5, 0.6) is 11.5 Å². The number of methoxy groups -OCH3 is 1. The summed E-state index contributed by atoms with van der Waals surface area (Å²) in [5.74, 6) is -0.644. The molecule has 0 saturated heterocycles. The zero-order chi connectivity index (χ0) is 23.6. The van der Waals surface area contributed by atoms with Crippen molar-refractivity contribution in [2.75, 3.05) is 26.1 Å². The smallest absolute Gasteiger partial charge is 0.338 e. The summed E-state index contributed by atoms with van der Waals surface area (Å²) >= 11 is 0. The van der Waals surface area contributed by atoms with Crippen molar-refractivity contribution in [2.24, 2.45) is 0 Å². The standard InChI is InChI=1S/C25H24N2O6/c1-26-24(29)18-9-6-10-20(13-18)27-23(28)16-33-25(30)19-11-12-21(22(14-19)31-2)32-15-17-7-4-3-5-8-17/h3-14H,15-16H2,1-2H3,(H,26,29)(H,27,28). The van der Waals surface area contributed by atoms with E-state index in [4.69, 9.17) is 14.2 Å². The molecule has 0 fully saturated rings. The minimum atomic E-state index is -0.683. The monoisotopic (exact) mass is 448 g/mol. The van der Waals surface area contributed by atoms with Gasteiger partial charge in [0, 0.05) is 18.3 Å². The fourth-order valence-corrected chi connectivity index (χ4v) is 2.94. The molecule has 3 aromatic rings. The Morgan fingerprint density at radius 1 is 0.848 bits per heavy atom. The average molecular weight is 448 g/mol. The molecule has 170 valence electrons. The molecule has 0 aliphatic heterocycles. The highest BCUT2D eigenvalue weighted by Gasteiger charge is 2.15. The Morgan fingerprint density at radius 2 is 1.64 bits per heavy atom. The molecular weight excluding hydrogens is 424 g/mol. The van der Waals surface area contributed by atoms with Crippen molar-refractivity contribution in [1.29, 1.82) is 0 Å². The third kappa shape index (κ3) is 6.57. The Bertz CT molecular complexity index is 1130. The lowest BCUT2D eigenvalue weighted by molar-refractivity contribution is -0.119. The van der Waals surface area contributed by atoms with Gasteiger partial charge in [-0.3, -0.25) is 9.59 Å². The molecule has 0 aliphatic rings. The lowest BCUT2D eigenvalue weighted by Gasteiger charge is -2.12. The van der Waals surface area contributed by atoms with Crippen molar-refractivity contribution < 1.29 is 28.6 Å². The largest absolute Gasteiger partial charge is 0.493 e. The molecule has 0 heterocycles. The van der Waals surface area contributed by atoms with Gasteiger partial charge < -0.3 is 24.8 Å². The van der Waals surface area contributed by atoms with Crippen molar-refractivity contribution in [3.63, 3.8) is 0 Å². The Balaban J connectivity index is 1.56. The fraction of sp³-hybridized carbons (Fsp3) is 0.160. The van der Waals surface area contributed by atoms with Crippen LogP contribution < -0.4 is 20.1 Å². The van der Waals surface area contributed by atoms with Crippen molar-refractivity contribution in [1.82, 2.24) is 5.32 Å². The number of carbonyl (C=O) groups excluding carboxylic acids is 3. The molecule has 8 nitrogen and oxygen atoms in total. The first kappa shape index (κ1) is 23.3. The van der Waals surface area contributed by atoms with Crippen LogP contribution in [0.3, 0.4) is 0 Å². The van der Waals surface area contributed by atoms with Crippen LogP contribution in [0.2, 0.25) is 0 Å². The van der Waals surface area contributed by atoms with Gasteiger partial charge in [0.15, 0.2) is 18.1 Å². The van der Waals surface area contributed by atoms with E-state index in [1.54, 1.807) is 24.3 Å². The van der Waals surface area contributed by atoms with Crippen LogP contribution in [0.1, 0.15) is 26.3 Å². The van der Waals surface area contributed by atoms with Crippen molar-refractivity contribution in [3.05, 3.63) is 89.5 Å². The van der Waals surface area contributed by atoms with E-state index in [0.717, 1.165) is 5.56 Å². The van der Waals surface area contributed by atoms with Crippen molar-refractivity contribution in [2.45, 2.75) is 6.61 Å². The van der Waals surface area contributed by atoms with Gasteiger partial charge in [-0.1, -0.05) is 36.4 Å². The zero-order valence-electron chi connectivity index (χ0n) is 18.3. The number of esters is 1. The molecule has 0 spiro atoms. The number of ether oxygens (including phenoxy) is 3. The fourth-order valence-electron chi connectivity index (χ4n) is 2.94. The highest BCUT2D eigenvalue weighted by molar-refractivity contribution is 5.98. The van der Waals surface area contributed by atoms with Gasteiger partial charge in [-0.05, 0) is 42.0 Å². The van der Waals surface area contributed by atoms with E-state index in [9.17, 15) is 14.4 Å². The molecule has 0 aliphatic carbocycles. The lowest BCUT2D eigenvalue weighted by atomic mass is 10.2. The van der Waals surface area contributed by atoms with E-state index in [0.29, 0.717) is 29.4 Å². The summed E-state index contributed by atoms with van der Waals surface area (Å²) in [4.78, 5) is 36.3. The second-order valence-electron chi connectivity index (χ2n) is 6.92. The minimum absolute atomic E-state index is 0.216. The number of nitrogens with one attached hydrogen (secondary N) is 2. The SMILES string of the molecule is CNC(=O)c1cccc(NC(=O)COC(=O)c2ccc(OCc3ccccc3)c(OC)c2)c1. The van der Waals surface area contributed by atoms with Crippen LogP contribution in [0.25, 0.3) is 0 Å². The molecule has 0 radical (unpaired) electrons. The molecule has 33 heavy (non-hydrogen) atoms. The van der Waals surface area contributed by atoms with Gasteiger partial charge in [0.05, 0.1) is 12.7 Å². The summed E-state index contributed by atoms with van der Waals surface area (Å²) in [6.07, 6.45) is 0. The number of amides is 2. The van der Waals surface area contributed by atoms with E-state index >= 15 is 0 Å². The Hall–Kier alpha value is -4.33. The normalized spacial score (nSPS) is 10.1. The topological polar surface area (TPSA) is 103 Å². The first-order chi connectivity index (χ1) is 16.0. The highest BCUT2D eigenvalue weighted by atomic mass is 16.5. The lowest BCUT2D eigenvalue weighted by Crippen LogP contribution is -2.22. The molecule has 0 bridgehead atoms. The van der Waals surface area contributed by atoms with E-state index in [1.165, 1.54) is 32.4 Å². The molecule has 3 rings (SSSR count). The molecule has 3 aromatic carbocycles. The van der Waals surface area contributed by atoms with Crippen LogP contribution in [0.15, 0.2) is 72.8 Å². The molecule has 0 atom stereocenters. The highest BCUT2D eigenvalue weighted by Crippen LogP contribution is 2.29. The van der Waals surface area contributed by atoms with Crippen LogP contribution >= 0.6 is 0 Å². The van der Waals surface area contributed by atoms with Crippen molar-refractivity contribution >= 4 is 23.5 Å². The molecule has 2 N–H and O–H groups in total. The van der Waals surface area contributed by atoms with E-state index in [2.05, 4.69) is 10.6 Å². The maximum absolute atomic E-state index is 12.4. The maximum atomic E-state index is 12.4. The summed E-state index contributed by atoms with van der Waals surface area (Å²) in [6, 6.07) is 20.7. The molecule has 2 amide bonds. The quantitative estimate of drug-likeness (QED) is 0.486. The molecule has 0 saturated carbocycles. The third-order valence-electron chi connectivity index (χ3n) is 4.61. The summed E-state index contributed by atoms with van der Waals surface area (Å²) < 4.78 is 16.2. The third-order valence-corrected chi connectivity index (χ3v) is 4.61. The van der Waals surface area contributed by atoms with Gasteiger partial charge in [-0.15, -0.1) is 0 Å². The van der Waals surface area contributed by atoms with Gasteiger partial charge >= 0.3 is 5.97 Å². The van der Waals surface area contributed by atoms with Crippen LogP contribution in [-0.2, 0) is 16.1 Å². The van der Waals surface area contributed by atoms with E-state index in [1.807, 2.05) is 30.3 Å². The molecule has 0 unspecified atom stereocenters. The minimum Gasteiger partial charge on any atom is -0.493 e. The van der Waals surface area contributed by atoms with Gasteiger partial charge in [-0.25, -0.2) is 4.79 Å². The van der Waals surface area contributed by atoms with Gasteiger partial charge in [0.2, 0.25) is 0 Å². The van der Waals surface area contributed by atoms with Gasteiger partial charge in [0.25, 0.3) is 11.8 Å². The maximum Gasteiger partial charge on any atom is 0.338 e. The van der Waals surface area contributed by atoms with E-state index < -0.39 is 18.5 Å². The first-order valence-electron chi connectivity index (χ1n) is 10.1. The van der Waals surface area contributed by atoms with Gasteiger partial charge in [0.1, 0.15) is 6.61 Å². The Morgan fingerprint density at radius 3 is 2.36 bits per heavy atom. The number of rotatable bonds is 9. The molecular formula is C25H24N2O6. The van der Waals surface area contributed by atoms with E-state index in [-0.39, 0.29) is 11.5 Å².